The second-order valence-electron chi connectivity index (χ2n) is 24.2. The van der Waals surface area contributed by atoms with E-state index < -0.39 is 40.8 Å². The summed E-state index contributed by atoms with van der Waals surface area (Å²) < 4.78 is 125. The van der Waals surface area contributed by atoms with Gasteiger partial charge in [-0.3, -0.25) is 36.4 Å². The minimum atomic E-state index is -3.47. The van der Waals surface area contributed by atoms with Gasteiger partial charge in [-0.1, -0.05) is 5.16 Å². The van der Waals surface area contributed by atoms with E-state index in [0.717, 1.165) is 21.3 Å². The molecular weight excluding hydrogens is 1450 g/mol. The number of nitrogens with one attached hydrogen (secondary N) is 4. The van der Waals surface area contributed by atoms with Crippen molar-refractivity contribution in [2.45, 2.75) is 6.92 Å². The van der Waals surface area contributed by atoms with E-state index >= 15 is 0 Å². The van der Waals surface area contributed by atoms with Crippen LogP contribution in [0.25, 0.3) is 43.4 Å². The number of aryl methyl sites for hydroxylation is 1. The minimum Gasteiger partial charge on any atom is -0.443 e. The first-order valence-corrected chi connectivity index (χ1v) is 38.7. The van der Waals surface area contributed by atoms with Crippen LogP contribution in [-0.4, -0.2) is 175 Å². The van der Waals surface area contributed by atoms with Crippen molar-refractivity contribution in [1.29, 1.82) is 0 Å². The molecule has 4 aliphatic heterocycles. The Balaban J connectivity index is 0.000000124. The van der Waals surface area contributed by atoms with Gasteiger partial charge in [0, 0.05) is 137 Å². The van der Waals surface area contributed by atoms with E-state index in [-0.39, 0.29) is 23.6 Å². The lowest BCUT2D eigenvalue weighted by molar-refractivity contribution is 0.101. The fraction of sp³-hybridized carbons (Fsp3) is 0.188. The second kappa shape index (κ2) is 29.5. The van der Waals surface area contributed by atoms with E-state index in [2.05, 4.69) is 41.4 Å². The molecule has 8 heterocycles. The van der Waals surface area contributed by atoms with Gasteiger partial charge in [-0.25, -0.2) is 15.0 Å². The van der Waals surface area contributed by atoms with Crippen molar-refractivity contribution in [2.75, 3.05) is 119 Å². The van der Waals surface area contributed by atoms with Crippen LogP contribution in [0.1, 0.15) is 47.1 Å². The number of fused-ring (bicyclic) bond motifs is 4. The average Bonchev–Trinajstić information content (AvgIpc) is 1.71. The lowest BCUT2D eigenvalue weighted by Gasteiger charge is -2.18. The smallest absolute Gasteiger partial charge is 0.303 e. The largest absolute Gasteiger partial charge is 0.443 e. The third-order valence-electron chi connectivity index (χ3n) is 17.5. The van der Waals surface area contributed by atoms with E-state index in [4.69, 9.17) is 13.4 Å². The van der Waals surface area contributed by atoms with Gasteiger partial charge in [-0.05, 0) is 171 Å². The predicted molar refractivity (Wildman–Crippen MR) is 400 cm³/mol. The second-order valence-corrected chi connectivity index (χ2v) is 32.9. The highest BCUT2D eigenvalue weighted by molar-refractivity contribution is 7.91. The van der Waals surface area contributed by atoms with Crippen LogP contribution in [0.15, 0.2) is 202 Å². The molecule has 12 aromatic rings. The molecule has 31 nitrogen and oxygen atoms in total. The number of hydrogen-bond acceptors (Lipinski definition) is 20. The molecule has 16 rings (SSSR count). The van der Waals surface area contributed by atoms with Crippen LogP contribution in [0.2, 0.25) is 0 Å². The van der Waals surface area contributed by atoms with Crippen LogP contribution in [0.3, 0.4) is 0 Å². The summed E-state index contributed by atoms with van der Waals surface area (Å²) in [7, 11) is -7.67. The summed E-state index contributed by atoms with van der Waals surface area (Å²) in [4.78, 5) is 62.0. The molecule has 0 bridgehead atoms. The molecule has 4 saturated heterocycles. The summed E-state index contributed by atoms with van der Waals surface area (Å²) in [5, 5.41) is 16.0. The monoisotopic (exact) mass is 1520 g/mol. The Morgan fingerprint density at radius 1 is 0.371 bits per heavy atom. The Kier molecular flexibility index (Phi) is 20.3. The number of likely N-dealkylation sites (N-methyl/N-ethyl adjacent to an activating group) is 4. The van der Waals surface area contributed by atoms with Gasteiger partial charge in [0.05, 0.1) is 44.2 Å². The van der Waals surface area contributed by atoms with Crippen LogP contribution < -0.4 is 38.5 Å². The first kappa shape index (κ1) is 72.1. The van der Waals surface area contributed by atoms with Crippen LogP contribution in [0, 0.1) is 6.92 Å². The fourth-order valence-corrected chi connectivity index (χ4v) is 17.5. The molecule has 0 saturated carbocycles. The van der Waals surface area contributed by atoms with Crippen molar-refractivity contribution in [3.8, 4) is 0 Å². The van der Waals surface area contributed by atoms with Crippen LogP contribution in [0.5, 0.6) is 0 Å². The van der Waals surface area contributed by atoms with E-state index in [1.165, 1.54) is 47.2 Å². The van der Waals surface area contributed by atoms with Gasteiger partial charge < -0.3 is 34.6 Å². The van der Waals surface area contributed by atoms with Crippen molar-refractivity contribution in [2.24, 2.45) is 0 Å². The van der Waals surface area contributed by atoms with Crippen molar-refractivity contribution in [1.82, 2.24) is 37.3 Å². The maximum Gasteiger partial charge on any atom is 0.303 e. The summed E-state index contributed by atoms with van der Waals surface area (Å²) in [5.41, 5.74) is 13.0. The normalized spacial score (nSPS) is 16.8. The van der Waals surface area contributed by atoms with Crippen molar-refractivity contribution >= 4 is 165 Å². The standard InChI is InChI=1S/C18H18N4O4S.2C17H16N4O4S.C17H16N4O3S2/c1-12-16-11-14(5-8-17(16)26-20-12)19-18(23)13-3-6-15(7-4-13)22-10-9-21(2)27(22,24)25;1-20-8-9-21(26(20,23)24)14-5-2-12(3-6-14)17(22)19-13-4-7-16-15(10-13)18-11-25-16;1-20-8-9-21(26(20,23)24)14-5-2-12(3-6-14)17(22)19-13-4-7-15-16(10-13)25-11-18-15;1-20-8-9-21(26(20,23)24)14-5-2-12(3-6-14)17(22)19-13-4-7-16-15(10-13)18-11-25-16/h3-8,11H,9-10H2,1-2H3,(H,19,23);3*2-7,10-11H,8-9H2,1H3,(H,19,22). The Labute approximate surface area is 606 Å². The zero-order valence-electron chi connectivity index (χ0n) is 56.6. The van der Waals surface area contributed by atoms with Crippen LogP contribution >= 0.6 is 11.3 Å². The number of rotatable bonds is 12. The number of hydrogen-bond donors (Lipinski definition) is 4. The molecule has 4 amide bonds. The number of aromatic nitrogens is 4. The number of carbonyl (C=O) groups excluding carboxylic acids is 4. The summed E-state index contributed by atoms with van der Waals surface area (Å²) in [6.07, 6.45) is 2.69. The third kappa shape index (κ3) is 15.3. The zero-order valence-corrected chi connectivity index (χ0v) is 60.7. The number of anilines is 8. The SMILES string of the molecule is CN1CCN(c2ccc(C(=O)Nc3ccc4ncoc4c3)cc2)S1(=O)=O.CN1CCN(c2ccc(C(=O)Nc3ccc4ocnc4c3)cc2)S1(=O)=O.CN1CCN(c2ccc(C(=O)Nc3ccc4scnc4c3)cc2)S1(=O)=O.Cc1noc2ccc(NC(=O)c3ccc(N4CCN(C)S4(=O)=O)cc3)cc12. The third-order valence-corrected chi connectivity index (χ3v) is 26.0. The van der Waals surface area contributed by atoms with Gasteiger partial charge in [0.15, 0.2) is 29.5 Å². The van der Waals surface area contributed by atoms with Crippen molar-refractivity contribution < 1.29 is 66.2 Å². The summed E-state index contributed by atoms with van der Waals surface area (Å²) in [5.74, 6) is -1.12. The molecular formula is C69H66N16O15S5. The highest BCUT2D eigenvalue weighted by atomic mass is 32.2. The molecule has 542 valence electrons. The Bertz CT molecular complexity index is 5350. The Morgan fingerprint density at radius 2 is 0.714 bits per heavy atom. The number of oxazole rings is 2. The Morgan fingerprint density at radius 3 is 1.11 bits per heavy atom. The highest BCUT2D eigenvalue weighted by Gasteiger charge is 2.37. The number of nitrogens with zero attached hydrogens (tertiary/aromatic N) is 12. The van der Waals surface area contributed by atoms with Gasteiger partial charge in [0.1, 0.15) is 11.0 Å². The van der Waals surface area contributed by atoms with Crippen LogP contribution in [-0.2, 0) is 40.8 Å². The highest BCUT2D eigenvalue weighted by Crippen LogP contribution is 2.31. The molecule has 105 heavy (non-hydrogen) atoms. The number of benzene rings is 8. The van der Waals surface area contributed by atoms with Crippen molar-refractivity contribution in [3.05, 3.63) is 216 Å². The molecule has 4 aliphatic rings. The number of thiazole rings is 1. The van der Waals surface area contributed by atoms with Gasteiger partial charge >= 0.3 is 40.8 Å². The first-order valence-electron chi connectivity index (χ1n) is 32.2. The topological polar surface area (TPSA) is 370 Å². The van der Waals surface area contributed by atoms with E-state index in [0.29, 0.717) is 148 Å². The molecule has 36 heteroatoms. The fourth-order valence-electron chi connectivity index (χ4n) is 11.4. The molecule has 4 N–H and O–H groups in total. The van der Waals surface area contributed by atoms with Gasteiger partial charge in [-0.2, -0.15) is 50.9 Å². The van der Waals surface area contributed by atoms with E-state index in [9.17, 15) is 52.8 Å². The first-order chi connectivity index (χ1) is 50.2. The summed E-state index contributed by atoms with van der Waals surface area (Å²) in [6, 6.07) is 47.2. The number of amides is 4. The van der Waals surface area contributed by atoms with Crippen molar-refractivity contribution in [3.63, 3.8) is 0 Å². The van der Waals surface area contributed by atoms with Gasteiger partial charge in [-0.15, -0.1) is 11.3 Å². The molecule has 0 spiro atoms. The molecule has 0 aliphatic carbocycles. The molecule has 0 atom stereocenters. The summed E-state index contributed by atoms with van der Waals surface area (Å²) in [6.45, 7) is 5.17. The molecule has 4 fully saturated rings. The quantitative estimate of drug-likeness (QED) is 0.0885. The van der Waals surface area contributed by atoms with E-state index in [1.807, 2.05) is 25.1 Å². The van der Waals surface area contributed by atoms with Gasteiger partial charge in [0.2, 0.25) is 0 Å². The average molecular weight is 1520 g/mol. The number of carbonyl (C=O) groups is 4. The lowest BCUT2D eigenvalue weighted by atomic mass is 10.1. The zero-order chi connectivity index (χ0) is 74.1. The maximum atomic E-state index is 12.5. The van der Waals surface area contributed by atoms with Crippen LogP contribution in [0.4, 0.5) is 45.5 Å². The molecule has 4 aromatic heterocycles. The predicted octanol–water partition coefficient (Wildman–Crippen LogP) is 9.08. The Hall–Kier alpha value is -11.2. The summed E-state index contributed by atoms with van der Waals surface area (Å²) >= 11 is 1.54. The van der Waals surface area contributed by atoms with E-state index in [1.54, 1.807) is 197 Å². The maximum absolute atomic E-state index is 12.5. The molecule has 0 unspecified atom stereocenters. The minimum absolute atomic E-state index is 0.257. The molecule has 8 aromatic carbocycles. The lowest BCUT2D eigenvalue weighted by Crippen LogP contribution is -2.30. The molecule has 0 radical (unpaired) electrons. The van der Waals surface area contributed by atoms with Gasteiger partial charge in [0.25, 0.3) is 23.6 Å².